The predicted octanol–water partition coefficient (Wildman–Crippen LogP) is 3.64. The minimum Gasteiger partial charge on any atom is -0.460 e. The predicted molar refractivity (Wildman–Crippen MR) is 65.1 cm³/mol. The average Bonchev–Trinajstić information content (AvgIpc) is 2.26. The summed E-state index contributed by atoms with van der Waals surface area (Å²) >= 11 is 14.4. The third-order valence-electron chi connectivity index (χ3n) is 1.80. The molecule has 17 heavy (non-hydrogen) atoms. The molecule has 0 aliphatic carbocycles. The van der Waals surface area contributed by atoms with Crippen molar-refractivity contribution < 1.29 is 18.7 Å². The minimum absolute atomic E-state index is 0.00732. The van der Waals surface area contributed by atoms with E-state index in [0.717, 1.165) is 6.07 Å². The van der Waals surface area contributed by atoms with E-state index in [9.17, 15) is 14.0 Å². The summed E-state index contributed by atoms with van der Waals surface area (Å²) in [5.41, 5.74) is -0.554. The zero-order valence-electron chi connectivity index (χ0n) is 8.52. The van der Waals surface area contributed by atoms with Gasteiger partial charge in [-0.1, -0.05) is 23.2 Å². The van der Waals surface area contributed by atoms with Crippen molar-refractivity contribution in [2.75, 3.05) is 6.61 Å². The van der Waals surface area contributed by atoms with Crippen molar-refractivity contribution in [2.45, 2.75) is 6.92 Å². The highest BCUT2D eigenvalue weighted by molar-refractivity contribution is 9.10. The van der Waals surface area contributed by atoms with Gasteiger partial charge in [0, 0.05) is 0 Å². The molecule has 0 aliphatic rings. The van der Waals surface area contributed by atoms with Crippen molar-refractivity contribution in [3.8, 4) is 0 Å². The number of esters is 1. The lowest BCUT2D eigenvalue weighted by atomic mass is 10.1. The molecule has 3 nitrogen and oxygen atoms in total. The Morgan fingerprint density at radius 2 is 2.06 bits per heavy atom. The number of halogens is 4. The van der Waals surface area contributed by atoms with E-state index in [2.05, 4.69) is 20.7 Å². The second-order valence-corrected chi connectivity index (χ2v) is 4.47. The van der Waals surface area contributed by atoms with Gasteiger partial charge in [-0.05, 0) is 28.9 Å². The molecule has 0 N–H and O–H groups in total. The molecule has 0 heterocycles. The van der Waals surface area contributed by atoms with Crippen LogP contribution in [0.4, 0.5) is 4.39 Å². The van der Waals surface area contributed by atoms with E-state index >= 15 is 0 Å². The Balaban J connectivity index is 3.28. The first-order valence-corrected chi connectivity index (χ1v) is 5.99. The van der Waals surface area contributed by atoms with E-state index in [-0.39, 0.29) is 21.1 Å². The summed E-state index contributed by atoms with van der Waals surface area (Å²) in [4.78, 5) is 22.8. The van der Waals surface area contributed by atoms with Gasteiger partial charge in [0.05, 0.1) is 26.7 Å². The molecule has 0 atom stereocenters. The molecule has 0 aliphatic heterocycles. The van der Waals surface area contributed by atoms with Crippen molar-refractivity contribution in [1.82, 2.24) is 0 Å². The van der Waals surface area contributed by atoms with Crippen LogP contribution in [-0.2, 0) is 9.53 Å². The number of Topliss-reactive ketones (excluding diaryl/α,β-unsaturated/α-hetero) is 1. The summed E-state index contributed by atoms with van der Waals surface area (Å²) in [6, 6.07) is 0.893. The van der Waals surface area contributed by atoms with E-state index in [1.54, 1.807) is 0 Å². The number of carbonyl (C=O) groups is 2. The summed E-state index contributed by atoms with van der Waals surface area (Å²) in [6.07, 6.45) is 0. The molecular weight excluding hydrogens is 338 g/mol. The van der Waals surface area contributed by atoms with Gasteiger partial charge in [0.15, 0.2) is 0 Å². The van der Waals surface area contributed by atoms with Gasteiger partial charge < -0.3 is 4.74 Å². The molecule has 0 saturated heterocycles. The van der Waals surface area contributed by atoms with Gasteiger partial charge in [-0.3, -0.25) is 4.79 Å². The van der Waals surface area contributed by atoms with E-state index in [0.29, 0.717) is 0 Å². The SMILES string of the molecule is CCOC(=O)C(=O)c1c(F)cc(Cl)c(Br)c1Cl. The first-order valence-electron chi connectivity index (χ1n) is 4.44. The average molecular weight is 344 g/mol. The highest BCUT2D eigenvalue weighted by atomic mass is 79.9. The topological polar surface area (TPSA) is 43.4 Å². The van der Waals surface area contributed by atoms with Crippen LogP contribution < -0.4 is 0 Å². The zero-order chi connectivity index (χ0) is 13.2. The van der Waals surface area contributed by atoms with Crippen LogP contribution in [0.2, 0.25) is 10.0 Å². The molecule has 0 aromatic heterocycles. The summed E-state index contributed by atoms with van der Waals surface area (Å²) in [5.74, 6) is -3.28. The van der Waals surface area contributed by atoms with Gasteiger partial charge in [-0.15, -0.1) is 0 Å². The molecule has 1 aromatic rings. The molecule has 0 saturated carbocycles. The fraction of sp³-hybridized carbons (Fsp3) is 0.200. The van der Waals surface area contributed by atoms with E-state index < -0.39 is 23.1 Å². The van der Waals surface area contributed by atoms with Crippen LogP contribution in [-0.4, -0.2) is 18.4 Å². The second kappa shape index (κ2) is 5.80. The van der Waals surface area contributed by atoms with Gasteiger partial charge in [0.1, 0.15) is 5.82 Å². The summed E-state index contributed by atoms with van der Waals surface area (Å²) in [7, 11) is 0. The highest BCUT2D eigenvalue weighted by Gasteiger charge is 2.26. The quantitative estimate of drug-likeness (QED) is 0.277. The highest BCUT2D eigenvalue weighted by Crippen LogP contribution is 2.35. The fourth-order valence-corrected chi connectivity index (χ4v) is 1.90. The lowest BCUT2D eigenvalue weighted by Crippen LogP contribution is -2.19. The maximum absolute atomic E-state index is 13.5. The maximum Gasteiger partial charge on any atom is 0.379 e. The van der Waals surface area contributed by atoms with Gasteiger partial charge in [-0.2, -0.15) is 0 Å². The number of benzene rings is 1. The van der Waals surface area contributed by atoms with Gasteiger partial charge >= 0.3 is 5.97 Å². The van der Waals surface area contributed by atoms with Crippen LogP contribution in [0.25, 0.3) is 0 Å². The summed E-state index contributed by atoms with van der Waals surface area (Å²) in [6.45, 7) is 1.54. The third kappa shape index (κ3) is 2.97. The van der Waals surface area contributed by atoms with Crippen LogP contribution in [0.3, 0.4) is 0 Å². The summed E-state index contributed by atoms with van der Waals surface area (Å²) in [5, 5.41) is -0.249. The molecule has 0 amide bonds. The van der Waals surface area contributed by atoms with Crippen LogP contribution >= 0.6 is 39.1 Å². The molecule has 92 valence electrons. The van der Waals surface area contributed by atoms with Crippen LogP contribution in [0.1, 0.15) is 17.3 Å². The first kappa shape index (κ1) is 14.4. The Hall–Kier alpha value is -0.650. The number of hydrogen-bond acceptors (Lipinski definition) is 3. The number of ketones is 1. The Morgan fingerprint density at radius 1 is 1.47 bits per heavy atom. The first-order chi connectivity index (χ1) is 7.90. The largest absolute Gasteiger partial charge is 0.460 e. The summed E-state index contributed by atoms with van der Waals surface area (Å²) < 4.78 is 18.1. The van der Waals surface area contributed by atoms with Crippen molar-refractivity contribution in [1.29, 1.82) is 0 Å². The van der Waals surface area contributed by atoms with Crippen molar-refractivity contribution >= 4 is 50.9 Å². The smallest absolute Gasteiger partial charge is 0.379 e. The lowest BCUT2D eigenvalue weighted by Gasteiger charge is -2.07. The monoisotopic (exact) mass is 342 g/mol. The van der Waals surface area contributed by atoms with E-state index in [4.69, 9.17) is 23.2 Å². The fourth-order valence-electron chi connectivity index (χ4n) is 1.07. The Labute approximate surface area is 115 Å². The van der Waals surface area contributed by atoms with Gasteiger partial charge in [0.25, 0.3) is 5.78 Å². The molecule has 1 aromatic carbocycles. The number of carbonyl (C=O) groups excluding carboxylic acids is 2. The third-order valence-corrected chi connectivity index (χ3v) is 3.76. The van der Waals surface area contributed by atoms with Crippen LogP contribution in [0.15, 0.2) is 10.5 Å². The number of ether oxygens (including phenoxy) is 1. The Bertz CT molecular complexity index is 491. The molecule has 0 unspecified atom stereocenters. The lowest BCUT2D eigenvalue weighted by molar-refractivity contribution is -0.137. The molecule has 7 heteroatoms. The minimum atomic E-state index is -1.16. The van der Waals surface area contributed by atoms with Crippen molar-refractivity contribution in [2.24, 2.45) is 0 Å². The Morgan fingerprint density at radius 3 is 2.59 bits per heavy atom. The number of rotatable bonds is 3. The second-order valence-electron chi connectivity index (χ2n) is 2.89. The van der Waals surface area contributed by atoms with Crippen LogP contribution in [0.5, 0.6) is 0 Å². The van der Waals surface area contributed by atoms with Crippen LogP contribution in [0, 0.1) is 5.82 Å². The van der Waals surface area contributed by atoms with Crippen molar-refractivity contribution in [3.63, 3.8) is 0 Å². The van der Waals surface area contributed by atoms with Gasteiger partial charge in [-0.25, -0.2) is 9.18 Å². The van der Waals surface area contributed by atoms with E-state index in [1.165, 1.54) is 6.92 Å². The molecule has 0 spiro atoms. The molecule has 0 fully saturated rings. The van der Waals surface area contributed by atoms with Gasteiger partial charge in [0.2, 0.25) is 0 Å². The molecule has 1 rings (SSSR count). The van der Waals surface area contributed by atoms with Crippen molar-refractivity contribution in [3.05, 3.63) is 32.0 Å². The number of hydrogen-bond donors (Lipinski definition) is 0. The molecule has 0 radical (unpaired) electrons. The zero-order valence-corrected chi connectivity index (χ0v) is 11.6. The normalized spacial score (nSPS) is 10.2. The Kier molecular flexibility index (Phi) is 4.91. The van der Waals surface area contributed by atoms with E-state index in [1.807, 2.05) is 0 Å². The molecule has 0 bridgehead atoms. The standard InChI is InChI=1S/C10H6BrCl2FO3/c1-2-17-10(16)9(15)6-5(14)3-4(12)7(11)8(6)13/h3H,2H2,1H3. The maximum atomic E-state index is 13.5. The molecular formula is C10H6BrCl2FO3.